The topological polar surface area (TPSA) is 72.2 Å². The van der Waals surface area contributed by atoms with Crippen molar-refractivity contribution in [1.29, 1.82) is 0 Å². The highest BCUT2D eigenvalue weighted by molar-refractivity contribution is 5.88. The number of pyridine rings is 2. The minimum Gasteiger partial charge on any atom is -0.477 e. The van der Waals surface area contributed by atoms with Crippen molar-refractivity contribution < 1.29 is 9.90 Å². The molecule has 0 unspecified atom stereocenters. The van der Waals surface area contributed by atoms with E-state index in [2.05, 4.69) is 4.98 Å². The minimum absolute atomic E-state index is 0.0728. The molecule has 3 rings (SSSR count). The van der Waals surface area contributed by atoms with Gasteiger partial charge < -0.3 is 9.67 Å². The van der Waals surface area contributed by atoms with Crippen LogP contribution in [0.5, 0.6) is 0 Å². The quantitative estimate of drug-likeness (QED) is 0.916. The molecule has 5 heteroatoms. The summed E-state index contributed by atoms with van der Waals surface area (Å²) in [7, 11) is 0. The van der Waals surface area contributed by atoms with Gasteiger partial charge in [-0.25, -0.2) is 4.79 Å². The maximum atomic E-state index is 12.3. The van der Waals surface area contributed by atoms with Crippen LogP contribution >= 0.6 is 0 Å². The smallest absolute Gasteiger partial charge is 0.341 e. The molecule has 1 aliphatic rings. The van der Waals surface area contributed by atoms with Crippen molar-refractivity contribution >= 4 is 5.97 Å². The number of aromatic carboxylic acids is 1. The molecule has 0 amide bonds. The first-order valence-corrected chi connectivity index (χ1v) is 8.41. The number of hydrogen-bond acceptors (Lipinski definition) is 3. The molecular formula is C19H22N2O3. The lowest BCUT2D eigenvalue weighted by Crippen LogP contribution is -2.26. The zero-order valence-corrected chi connectivity index (χ0v) is 13.9. The van der Waals surface area contributed by atoms with Crippen LogP contribution in [0, 0.1) is 12.8 Å². The van der Waals surface area contributed by atoms with Crippen molar-refractivity contribution in [3.63, 3.8) is 0 Å². The van der Waals surface area contributed by atoms with E-state index in [1.54, 1.807) is 12.4 Å². The van der Waals surface area contributed by atoms with Gasteiger partial charge in [0.05, 0.1) is 0 Å². The van der Waals surface area contributed by atoms with Gasteiger partial charge in [0.1, 0.15) is 5.56 Å². The Labute approximate surface area is 141 Å². The lowest BCUT2D eigenvalue weighted by atomic mass is 9.97. The number of rotatable bonds is 5. The molecule has 1 fully saturated rings. The van der Waals surface area contributed by atoms with E-state index in [1.165, 1.54) is 18.9 Å². The van der Waals surface area contributed by atoms with E-state index in [-0.39, 0.29) is 5.56 Å². The lowest BCUT2D eigenvalue weighted by Gasteiger charge is -2.21. The number of carbonyl (C=O) groups is 1. The highest BCUT2D eigenvalue weighted by Gasteiger charge is 2.24. The second kappa shape index (κ2) is 6.99. The first-order valence-electron chi connectivity index (χ1n) is 8.41. The summed E-state index contributed by atoms with van der Waals surface area (Å²) >= 11 is 0. The van der Waals surface area contributed by atoms with E-state index in [9.17, 15) is 14.7 Å². The zero-order chi connectivity index (χ0) is 17.1. The molecule has 2 aromatic heterocycles. The standard InChI is InChI=1S/C19H22N2O3/c1-13-9-17(22)18(19(23)24)16(10-14-5-2-3-6-14)21(13)12-15-7-4-8-20-11-15/h4,7-9,11,14H,2-3,5-6,10,12H2,1H3,(H,23,24). The lowest BCUT2D eigenvalue weighted by molar-refractivity contribution is 0.0692. The molecule has 1 saturated carbocycles. The number of aryl methyl sites for hydroxylation is 1. The van der Waals surface area contributed by atoms with Gasteiger partial charge in [-0.3, -0.25) is 9.78 Å². The summed E-state index contributed by atoms with van der Waals surface area (Å²) in [6, 6.07) is 5.25. The summed E-state index contributed by atoms with van der Waals surface area (Å²) in [5.74, 6) is -0.669. The van der Waals surface area contributed by atoms with E-state index < -0.39 is 11.4 Å². The largest absolute Gasteiger partial charge is 0.477 e. The third kappa shape index (κ3) is 3.40. The van der Waals surface area contributed by atoms with Crippen molar-refractivity contribution in [1.82, 2.24) is 9.55 Å². The first kappa shape index (κ1) is 16.4. The number of carboxylic acids is 1. The molecule has 1 N–H and O–H groups in total. The zero-order valence-electron chi connectivity index (χ0n) is 13.9. The fourth-order valence-electron chi connectivity index (χ4n) is 3.65. The second-order valence-electron chi connectivity index (χ2n) is 6.58. The molecule has 0 radical (unpaired) electrons. The fraction of sp³-hybridized carbons (Fsp3) is 0.421. The minimum atomic E-state index is -1.13. The van der Waals surface area contributed by atoms with E-state index >= 15 is 0 Å². The van der Waals surface area contributed by atoms with Crippen molar-refractivity contribution in [3.05, 3.63) is 63.3 Å². The summed E-state index contributed by atoms with van der Waals surface area (Å²) in [4.78, 5) is 28.1. The van der Waals surface area contributed by atoms with Gasteiger partial charge in [0, 0.05) is 36.4 Å². The van der Waals surface area contributed by atoms with Gasteiger partial charge in [0.25, 0.3) is 0 Å². The molecule has 0 bridgehead atoms. The monoisotopic (exact) mass is 326 g/mol. The normalized spacial score (nSPS) is 14.9. The predicted molar refractivity (Wildman–Crippen MR) is 91.4 cm³/mol. The van der Waals surface area contributed by atoms with Crippen LogP contribution < -0.4 is 5.43 Å². The summed E-state index contributed by atoms with van der Waals surface area (Å²) in [6.07, 6.45) is 8.72. The number of aromatic nitrogens is 2. The fourth-order valence-corrected chi connectivity index (χ4v) is 3.65. The average Bonchev–Trinajstić information content (AvgIpc) is 3.04. The highest BCUT2D eigenvalue weighted by Crippen LogP contribution is 2.29. The van der Waals surface area contributed by atoms with Gasteiger partial charge in [0.2, 0.25) is 0 Å². The third-order valence-corrected chi connectivity index (χ3v) is 4.86. The van der Waals surface area contributed by atoms with Crippen molar-refractivity contribution in [2.24, 2.45) is 5.92 Å². The Morgan fingerprint density at radius 3 is 2.75 bits per heavy atom. The molecule has 2 heterocycles. The molecule has 126 valence electrons. The Morgan fingerprint density at radius 2 is 2.12 bits per heavy atom. The molecule has 0 saturated heterocycles. The van der Waals surface area contributed by atoms with E-state index in [4.69, 9.17) is 0 Å². The Kier molecular flexibility index (Phi) is 4.79. The molecule has 5 nitrogen and oxygen atoms in total. The maximum absolute atomic E-state index is 12.3. The van der Waals surface area contributed by atoms with Crippen molar-refractivity contribution in [2.45, 2.75) is 45.6 Å². The van der Waals surface area contributed by atoms with Crippen LogP contribution in [0.25, 0.3) is 0 Å². The predicted octanol–water partition coefficient (Wildman–Crippen LogP) is 3.03. The summed E-state index contributed by atoms with van der Waals surface area (Å²) in [5, 5.41) is 9.58. The molecule has 2 aromatic rings. The Balaban J connectivity index is 2.09. The molecule has 0 spiro atoms. The van der Waals surface area contributed by atoms with Gasteiger partial charge in [-0.05, 0) is 30.9 Å². The van der Waals surface area contributed by atoms with Crippen LogP contribution in [-0.4, -0.2) is 20.6 Å². The van der Waals surface area contributed by atoms with Gasteiger partial charge >= 0.3 is 5.97 Å². The van der Waals surface area contributed by atoms with Gasteiger partial charge in [0.15, 0.2) is 5.43 Å². The molecule has 0 aromatic carbocycles. The van der Waals surface area contributed by atoms with Crippen LogP contribution in [0.3, 0.4) is 0 Å². The Bertz CT molecular complexity index is 790. The van der Waals surface area contributed by atoms with Crippen LogP contribution in [0.2, 0.25) is 0 Å². The summed E-state index contributed by atoms with van der Waals surface area (Å²) in [5.41, 5.74) is 1.98. The van der Waals surface area contributed by atoms with E-state index in [0.29, 0.717) is 24.6 Å². The SMILES string of the molecule is Cc1cc(=O)c(C(=O)O)c(CC2CCCC2)n1Cc1cccnc1. The Hall–Kier alpha value is -2.43. The molecular weight excluding hydrogens is 304 g/mol. The summed E-state index contributed by atoms with van der Waals surface area (Å²) < 4.78 is 1.97. The average molecular weight is 326 g/mol. The molecule has 0 atom stereocenters. The van der Waals surface area contributed by atoms with Gasteiger partial charge in [-0.1, -0.05) is 31.7 Å². The van der Waals surface area contributed by atoms with E-state index in [0.717, 1.165) is 24.1 Å². The van der Waals surface area contributed by atoms with Crippen LogP contribution in [-0.2, 0) is 13.0 Å². The Morgan fingerprint density at radius 1 is 1.38 bits per heavy atom. The third-order valence-electron chi connectivity index (χ3n) is 4.86. The van der Waals surface area contributed by atoms with Crippen LogP contribution in [0.15, 0.2) is 35.4 Å². The summed E-state index contributed by atoms with van der Waals surface area (Å²) in [6.45, 7) is 2.39. The number of hydrogen-bond donors (Lipinski definition) is 1. The van der Waals surface area contributed by atoms with Gasteiger partial charge in [-0.2, -0.15) is 0 Å². The van der Waals surface area contributed by atoms with Crippen molar-refractivity contribution in [2.75, 3.05) is 0 Å². The first-order chi connectivity index (χ1) is 11.6. The van der Waals surface area contributed by atoms with Crippen LogP contribution in [0.4, 0.5) is 0 Å². The molecule has 1 aliphatic carbocycles. The van der Waals surface area contributed by atoms with Crippen molar-refractivity contribution in [3.8, 4) is 0 Å². The number of carboxylic acid groups (broad SMARTS) is 1. The maximum Gasteiger partial charge on any atom is 0.341 e. The molecule has 24 heavy (non-hydrogen) atoms. The second-order valence-corrected chi connectivity index (χ2v) is 6.58. The molecule has 0 aliphatic heterocycles. The van der Waals surface area contributed by atoms with E-state index in [1.807, 2.05) is 23.6 Å². The van der Waals surface area contributed by atoms with Crippen LogP contribution in [0.1, 0.15) is 53.0 Å². The highest BCUT2D eigenvalue weighted by atomic mass is 16.4. The number of nitrogens with zero attached hydrogens (tertiary/aromatic N) is 2. The van der Waals surface area contributed by atoms with Gasteiger partial charge in [-0.15, -0.1) is 0 Å².